The van der Waals surface area contributed by atoms with Gasteiger partial charge in [0.1, 0.15) is 0 Å². The first-order chi connectivity index (χ1) is 9.88. The van der Waals surface area contributed by atoms with Crippen LogP contribution in [0.1, 0.15) is 20.8 Å². The van der Waals surface area contributed by atoms with Gasteiger partial charge in [-0.1, -0.05) is 23.7 Å². The van der Waals surface area contributed by atoms with E-state index >= 15 is 0 Å². The van der Waals surface area contributed by atoms with Crippen molar-refractivity contribution >= 4 is 28.7 Å². The fraction of sp³-hybridized carbons (Fsp3) is 0.214. The molecule has 0 amide bonds. The number of rotatable bonds is 5. The molecule has 2 nitrogen and oxygen atoms in total. The third-order valence-electron chi connectivity index (χ3n) is 2.77. The van der Waals surface area contributed by atoms with E-state index in [1.165, 1.54) is 23.5 Å². The molecule has 0 aliphatic carbocycles. The first-order valence-electron chi connectivity index (χ1n) is 6.01. The minimum absolute atomic E-state index is 0.0846. The van der Waals surface area contributed by atoms with Gasteiger partial charge in [0.2, 0.25) is 0 Å². The number of carbonyl (C=O) groups is 1. The van der Waals surface area contributed by atoms with E-state index in [-0.39, 0.29) is 12.3 Å². The first kappa shape index (κ1) is 16.0. The number of hydrogen-bond acceptors (Lipinski definition) is 3. The molecule has 21 heavy (non-hydrogen) atoms. The zero-order valence-corrected chi connectivity index (χ0v) is 12.3. The Morgan fingerprint density at radius 2 is 1.86 bits per heavy atom. The molecule has 112 valence electrons. The average Bonchev–Trinajstić information content (AvgIpc) is 2.84. The first-order valence-corrected chi connectivity index (χ1v) is 7.27. The Balaban J connectivity index is 1.87. The van der Waals surface area contributed by atoms with Crippen LogP contribution in [0.5, 0.6) is 0 Å². The molecule has 0 saturated heterocycles. The molecular weight excluding hydrogens is 323 g/mol. The minimum Gasteiger partial charge on any atom is -0.306 e. The maximum atomic E-state index is 12.4. The van der Waals surface area contributed by atoms with Crippen molar-refractivity contribution in [2.45, 2.75) is 12.7 Å². The van der Waals surface area contributed by atoms with Gasteiger partial charge in [-0.3, -0.25) is 4.79 Å². The summed E-state index contributed by atoms with van der Waals surface area (Å²) in [5.41, 5.74) is -0.0132. The van der Waals surface area contributed by atoms with E-state index in [1.807, 2.05) is 0 Å². The Morgan fingerprint density at radius 1 is 1.19 bits per heavy atom. The summed E-state index contributed by atoms with van der Waals surface area (Å²) in [6, 6.07) is 6.47. The standard InChI is InChI=1S/C14H11ClF3NOS/c15-11-5-6-21-13(11)12(20)8-19-7-9-1-3-10(4-2-9)14(16,17)18/h1-6,19H,7-8H2. The molecule has 1 aromatic heterocycles. The number of thiophene rings is 1. The van der Waals surface area contributed by atoms with E-state index in [9.17, 15) is 18.0 Å². The number of carbonyl (C=O) groups excluding carboxylic acids is 1. The molecule has 0 fully saturated rings. The number of ketones is 1. The van der Waals surface area contributed by atoms with Gasteiger partial charge in [0, 0.05) is 6.54 Å². The molecule has 1 N–H and O–H groups in total. The molecule has 1 aromatic carbocycles. The Bertz CT molecular complexity index is 622. The predicted molar refractivity (Wildman–Crippen MR) is 76.8 cm³/mol. The number of halogens is 4. The number of hydrogen-bond donors (Lipinski definition) is 1. The monoisotopic (exact) mass is 333 g/mol. The molecule has 0 radical (unpaired) electrons. The molecule has 0 aliphatic heterocycles. The lowest BCUT2D eigenvalue weighted by atomic mass is 10.1. The molecule has 0 bridgehead atoms. The van der Waals surface area contributed by atoms with Crippen molar-refractivity contribution in [3.63, 3.8) is 0 Å². The van der Waals surface area contributed by atoms with Crippen molar-refractivity contribution in [1.82, 2.24) is 5.32 Å². The third kappa shape index (κ3) is 4.30. The zero-order chi connectivity index (χ0) is 15.5. The highest BCUT2D eigenvalue weighted by Crippen LogP contribution is 2.29. The van der Waals surface area contributed by atoms with Crippen LogP contribution in [0.25, 0.3) is 0 Å². The molecule has 0 atom stereocenters. The van der Waals surface area contributed by atoms with Crippen LogP contribution in [0.4, 0.5) is 13.2 Å². The second kappa shape index (κ2) is 6.60. The summed E-state index contributed by atoms with van der Waals surface area (Å²) in [6.45, 7) is 0.397. The van der Waals surface area contributed by atoms with Gasteiger partial charge < -0.3 is 5.32 Å². The smallest absolute Gasteiger partial charge is 0.306 e. The molecule has 0 aliphatic rings. The summed E-state index contributed by atoms with van der Waals surface area (Å²) in [5, 5.41) is 5.04. The average molecular weight is 334 g/mol. The van der Waals surface area contributed by atoms with E-state index in [0.717, 1.165) is 12.1 Å². The lowest BCUT2D eigenvalue weighted by molar-refractivity contribution is -0.137. The molecule has 2 rings (SSSR count). The second-order valence-electron chi connectivity index (χ2n) is 4.32. The van der Waals surface area contributed by atoms with Gasteiger partial charge in [-0.25, -0.2) is 0 Å². The Labute approximate surface area is 128 Å². The zero-order valence-electron chi connectivity index (χ0n) is 10.7. The molecule has 0 saturated carbocycles. The summed E-state index contributed by atoms with van der Waals surface area (Å²) in [7, 11) is 0. The van der Waals surface area contributed by atoms with Crippen LogP contribution in [-0.4, -0.2) is 12.3 Å². The molecular formula is C14H11ClF3NOS. The Kier molecular flexibility index (Phi) is 5.03. The molecule has 0 unspecified atom stereocenters. The summed E-state index contributed by atoms with van der Waals surface area (Å²) < 4.78 is 37.2. The van der Waals surface area contributed by atoms with Crippen molar-refractivity contribution in [3.05, 3.63) is 56.7 Å². The topological polar surface area (TPSA) is 29.1 Å². The van der Waals surface area contributed by atoms with E-state index in [0.29, 0.717) is 22.0 Å². The van der Waals surface area contributed by atoms with Gasteiger partial charge in [0.05, 0.1) is 22.0 Å². The van der Waals surface area contributed by atoms with Crippen molar-refractivity contribution in [2.24, 2.45) is 0 Å². The van der Waals surface area contributed by atoms with Crippen molar-refractivity contribution in [1.29, 1.82) is 0 Å². The summed E-state index contributed by atoms with van der Waals surface area (Å²) >= 11 is 7.11. The highest BCUT2D eigenvalue weighted by atomic mass is 35.5. The number of nitrogens with one attached hydrogen (secondary N) is 1. The van der Waals surface area contributed by atoms with Gasteiger partial charge >= 0.3 is 6.18 Å². The van der Waals surface area contributed by atoms with E-state index in [4.69, 9.17) is 11.6 Å². The van der Waals surface area contributed by atoms with E-state index in [1.54, 1.807) is 11.4 Å². The lowest BCUT2D eigenvalue weighted by Gasteiger charge is -2.08. The highest BCUT2D eigenvalue weighted by Gasteiger charge is 2.29. The van der Waals surface area contributed by atoms with Crippen LogP contribution in [0.2, 0.25) is 5.02 Å². The predicted octanol–water partition coefficient (Wildman–Crippen LogP) is 4.39. The van der Waals surface area contributed by atoms with Gasteiger partial charge in [-0.15, -0.1) is 11.3 Å². The second-order valence-corrected chi connectivity index (χ2v) is 5.64. The van der Waals surface area contributed by atoms with Crippen LogP contribution in [-0.2, 0) is 12.7 Å². The largest absolute Gasteiger partial charge is 0.416 e. The van der Waals surface area contributed by atoms with Crippen molar-refractivity contribution < 1.29 is 18.0 Å². The van der Waals surface area contributed by atoms with Crippen LogP contribution in [0.15, 0.2) is 35.7 Å². The van der Waals surface area contributed by atoms with E-state index in [2.05, 4.69) is 5.32 Å². The Hall–Kier alpha value is -1.37. The van der Waals surface area contributed by atoms with Gasteiger partial charge in [-0.05, 0) is 29.1 Å². The third-order valence-corrected chi connectivity index (χ3v) is 4.15. The maximum Gasteiger partial charge on any atom is 0.416 e. The SMILES string of the molecule is O=C(CNCc1ccc(C(F)(F)F)cc1)c1sccc1Cl. The Morgan fingerprint density at radius 3 is 2.38 bits per heavy atom. The number of benzene rings is 1. The summed E-state index contributed by atoms with van der Waals surface area (Å²) in [5.74, 6) is -0.137. The van der Waals surface area contributed by atoms with Crippen molar-refractivity contribution in [3.8, 4) is 0 Å². The quantitative estimate of drug-likeness (QED) is 0.822. The molecule has 2 aromatic rings. The molecule has 7 heteroatoms. The van der Waals surface area contributed by atoms with Gasteiger partial charge in [0.25, 0.3) is 0 Å². The maximum absolute atomic E-state index is 12.4. The normalized spacial score (nSPS) is 11.6. The minimum atomic E-state index is -4.34. The van der Waals surface area contributed by atoms with Gasteiger partial charge in [-0.2, -0.15) is 13.2 Å². The fourth-order valence-corrected chi connectivity index (χ4v) is 2.81. The lowest BCUT2D eigenvalue weighted by Crippen LogP contribution is -2.22. The number of Topliss-reactive ketones (excluding diaryl/α,β-unsaturated/α-hetero) is 1. The van der Waals surface area contributed by atoms with Crippen LogP contribution in [0, 0.1) is 0 Å². The van der Waals surface area contributed by atoms with Crippen molar-refractivity contribution in [2.75, 3.05) is 6.54 Å². The van der Waals surface area contributed by atoms with E-state index < -0.39 is 11.7 Å². The van der Waals surface area contributed by atoms with Crippen LogP contribution >= 0.6 is 22.9 Å². The number of alkyl halides is 3. The highest BCUT2D eigenvalue weighted by molar-refractivity contribution is 7.12. The van der Waals surface area contributed by atoms with Gasteiger partial charge in [0.15, 0.2) is 5.78 Å². The summed E-state index contributed by atoms with van der Waals surface area (Å²) in [4.78, 5) is 12.3. The summed E-state index contributed by atoms with van der Waals surface area (Å²) in [6.07, 6.45) is -4.34. The molecule has 1 heterocycles. The molecule has 0 spiro atoms. The van der Waals surface area contributed by atoms with Crippen LogP contribution < -0.4 is 5.32 Å². The van der Waals surface area contributed by atoms with Crippen LogP contribution in [0.3, 0.4) is 0 Å². The fourth-order valence-electron chi connectivity index (χ4n) is 1.70.